The van der Waals surface area contributed by atoms with Crippen LogP contribution in [0.5, 0.6) is 0 Å². The number of hydrogen-bond acceptors (Lipinski definition) is 3. The predicted octanol–water partition coefficient (Wildman–Crippen LogP) is 4.48. The second kappa shape index (κ2) is 7.45. The van der Waals surface area contributed by atoms with Gasteiger partial charge in [-0.25, -0.2) is 4.79 Å². The van der Waals surface area contributed by atoms with Gasteiger partial charge in [0.2, 0.25) is 0 Å². The molecule has 0 unspecified atom stereocenters. The number of nitrogens with one attached hydrogen (secondary N) is 1. The van der Waals surface area contributed by atoms with Crippen LogP contribution in [-0.2, 0) is 17.7 Å². The van der Waals surface area contributed by atoms with Crippen LogP contribution in [0.4, 0.5) is 10.5 Å². The van der Waals surface area contributed by atoms with Crippen LogP contribution in [0.25, 0.3) is 0 Å². The summed E-state index contributed by atoms with van der Waals surface area (Å²) in [6.45, 7) is 1.09. The highest BCUT2D eigenvalue weighted by atomic mass is 79.9. The number of carbonyl (C=O) groups is 2. The summed E-state index contributed by atoms with van der Waals surface area (Å²) in [6, 6.07) is 10.8. The van der Waals surface area contributed by atoms with Gasteiger partial charge in [-0.3, -0.25) is 4.79 Å². The summed E-state index contributed by atoms with van der Waals surface area (Å²) in [5.41, 5.74) is 3.21. The molecule has 1 heterocycles. The predicted molar refractivity (Wildman–Crippen MR) is 100 cm³/mol. The SMILES string of the molecule is COC(=O)N1CCc2ccc(NC(=O)c3cc(Br)ccc3Cl)cc2C1. The molecule has 2 aromatic rings. The zero-order valence-electron chi connectivity index (χ0n) is 13.5. The average Bonchev–Trinajstić information content (AvgIpc) is 2.62. The lowest BCUT2D eigenvalue weighted by molar-refractivity contribution is 0.102. The van der Waals surface area contributed by atoms with E-state index in [1.807, 2.05) is 18.2 Å². The van der Waals surface area contributed by atoms with Gasteiger partial charge in [-0.15, -0.1) is 0 Å². The number of amides is 2. The van der Waals surface area contributed by atoms with E-state index in [1.54, 1.807) is 23.1 Å². The van der Waals surface area contributed by atoms with Gasteiger partial charge in [0.05, 0.1) is 17.7 Å². The van der Waals surface area contributed by atoms with Crippen LogP contribution in [0.3, 0.4) is 0 Å². The molecule has 25 heavy (non-hydrogen) atoms. The molecular formula is C18H16BrClN2O3. The van der Waals surface area contributed by atoms with Crippen molar-refractivity contribution in [2.75, 3.05) is 19.0 Å². The molecule has 2 amide bonds. The van der Waals surface area contributed by atoms with E-state index < -0.39 is 0 Å². The molecule has 0 radical (unpaired) electrons. The van der Waals surface area contributed by atoms with Crippen molar-refractivity contribution in [3.05, 3.63) is 62.6 Å². The van der Waals surface area contributed by atoms with Crippen LogP contribution in [0.2, 0.25) is 5.02 Å². The number of halogens is 2. The first-order valence-corrected chi connectivity index (χ1v) is 8.86. The fraction of sp³-hybridized carbons (Fsp3) is 0.222. The maximum atomic E-state index is 12.5. The van der Waals surface area contributed by atoms with E-state index in [9.17, 15) is 9.59 Å². The van der Waals surface area contributed by atoms with Crippen molar-refractivity contribution in [2.45, 2.75) is 13.0 Å². The van der Waals surface area contributed by atoms with Gasteiger partial charge in [-0.1, -0.05) is 33.6 Å². The van der Waals surface area contributed by atoms with Crippen molar-refractivity contribution in [2.24, 2.45) is 0 Å². The first-order valence-electron chi connectivity index (χ1n) is 7.69. The number of hydrogen-bond donors (Lipinski definition) is 1. The summed E-state index contributed by atoms with van der Waals surface area (Å²) in [5.74, 6) is -0.285. The van der Waals surface area contributed by atoms with E-state index in [1.165, 1.54) is 12.7 Å². The largest absolute Gasteiger partial charge is 0.453 e. The quantitative estimate of drug-likeness (QED) is 0.775. The number of carbonyl (C=O) groups excluding carboxylic acids is 2. The monoisotopic (exact) mass is 422 g/mol. The van der Waals surface area contributed by atoms with Crippen molar-refractivity contribution in [1.82, 2.24) is 4.90 Å². The summed E-state index contributed by atoms with van der Waals surface area (Å²) >= 11 is 9.44. The number of fused-ring (bicyclic) bond motifs is 1. The highest BCUT2D eigenvalue weighted by molar-refractivity contribution is 9.10. The van der Waals surface area contributed by atoms with Gasteiger partial charge < -0.3 is 15.0 Å². The molecular weight excluding hydrogens is 408 g/mol. The van der Waals surface area contributed by atoms with Crippen molar-refractivity contribution in [3.63, 3.8) is 0 Å². The fourth-order valence-electron chi connectivity index (χ4n) is 2.79. The Morgan fingerprint density at radius 3 is 2.76 bits per heavy atom. The summed E-state index contributed by atoms with van der Waals surface area (Å²) in [4.78, 5) is 25.8. The van der Waals surface area contributed by atoms with E-state index in [0.29, 0.717) is 29.4 Å². The normalized spacial score (nSPS) is 13.2. The first-order chi connectivity index (χ1) is 12.0. The van der Waals surface area contributed by atoms with Crippen LogP contribution in [0, 0.1) is 0 Å². The van der Waals surface area contributed by atoms with Crippen molar-refractivity contribution >= 4 is 45.2 Å². The summed E-state index contributed by atoms with van der Waals surface area (Å²) < 4.78 is 5.56. The van der Waals surface area contributed by atoms with Gasteiger partial charge in [0.15, 0.2) is 0 Å². The van der Waals surface area contributed by atoms with Crippen molar-refractivity contribution < 1.29 is 14.3 Å². The number of methoxy groups -OCH3 is 1. The summed E-state index contributed by atoms with van der Waals surface area (Å²) in [7, 11) is 1.37. The molecule has 0 spiro atoms. The van der Waals surface area contributed by atoms with Crippen molar-refractivity contribution in [3.8, 4) is 0 Å². The van der Waals surface area contributed by atoms with Gasteiger partial charge in [0.1, 0.15) is 0 Å². The summed E-state index contributed by atoms with van der Waals surface area (Å²) in [5, 5.41) is 3.24. The molecule has 0 saturated carbocycles. The van der Waals surface area contributed by atoms with E-state index in [-0.39, 0.29) is 12.0 Å². The Morgan fingerprint density at radius 1 is 1.20 bits per heavy atom. The lowest BCUT2D eigenvalue weighted by Crippen LogP contribution is -2.35. The Kier molecular flexibility index (Phi) is 5.30. The topological polar surface area (TPSA) is 58.6 Å². The van der Waals surface area contributed by atoms with E-state index in [0.717, 1.165) is 16.5 Å². The van der Waals surface area contributed by atoms with Crippen LogP contribution in [-0.4, -0.2) is 30.6 Å². The van der Waals surface area contributed by atoms with E-state index in [4.69, 9.17) is 16.3 Å². The standard InChI is InChI=1S/C18H16BrClN2O3/c1-25-18(24)22-7-6-11-2-4-14(8-12(11)10-22)21-17(23)15-9-13(19)3-5-16(15)20/h2-5,8-9H,6-7,10H2,1H3,(H,21,23). The Bertz CT molecular complexity index is 841. The Balaban J connectivity index is 1.79. The highest BCUT2D eigenvalue weighted by Crippen LogP contribution is 2.25. The van der Waals surface area contributed by atoms with Gasteiger partial charge in [-0.2, -0.15) is 0 Å². The van der Waals surface area contributed by atoms with Gasteiger partial charge in [0, 0.05) is 23.2 Å². The smallest absolute Gasteiger partial charge is 0.409 e. The molecule has 3 rings (SSSR count). The zero-order valence-corrected chi connectivity index (χ0v) is 15.9. The molecule has 1 aliphatic rings. The molecule has 0 saturated heterocycles. The Labute approximate surface area is 159 Å². The maximum absolute atomic E-state index is 12.5. The van der Waals surface area contributed by atoms with Gasteiger partial charge in [-0.05, 0) is 47.9 Å². The fourth-order valence-corrected chi connectivity index (χ4v) is 3.35. The van der Waals surface area contributed by atoms with E-state index >= 15 is 0 Å². The molecule has 130 valence electrons. The van der Waals surface area contributed by atoms with Crippen LogP contribution in [0.15, 0.2) is 40.9 Å². The van der Waals surface area contributed by atoms with Gasteiger partial charge in [0.25, 0.3) is 5.91 Å². The number of nitrogens with zero attached hydrogens (tertiary/aromatic N) is 1. The molecule has 0 atom stereocenters. The molecule has 0 fully saturated rings. The maximum Gasteiger partial charge on any atom is 0.409 e. The molecule has 0 aliphatic carbocycles. The number of anilines is 1. The van der Waals surface area contributed by atoms with E-state index in [2.05, 4.69) is 21.2 Å². The highest BCUT2D eigenvalue weighted by Gasteiger charge is 2.21. The average molecular weight is 424 g/mol. The van der Waals surface area contributed by atoms with Crippen LogP contribution in [0.1, 0.15) is 21.5 Å². The third kappa shape index (κ3) is 3.96. The van der Waals surface area contributed by atoms with Gasteiger partial charge >= 0.3 is 6.09 Å². The van der Waals surface area contributed by atoms with Crippen LogP contribution >= 0.6 is 27.5 Å². The first kappa shape index (κ1) is 17.8. The van der Waals surface area contributed by atoms with Crippen LogP contribution < -0.4 is 5.32 Å². The third-order valence-electron chi connectivity index (χ3n) is 4.08. The third-order valence-corrected chi connectivity index (χ3v) is 4.91. The number of ether oxygens (including phenoxy) is 1. The lowest BCUT2D eigenvalue weighted by atomic mass is 9.99. The molecule has 0 bridgehead atoms. The second-order valence-electron chi connectivity index (χ2n) is 5.70. The Morgan fingerprint density at radius 2 is 2.00 bits per heavy atom. The molecule has 5 nitrogen and oxygen atoms in total. The minimum atomic E-state index is -0.346. The Hall–Kier alpha value is -2.05. The second-order valence-corrected chi connectivity index (χ2v) is 7.03. The minimum Gasteiger partial charge on any atom is -0.453 e. The molecule has 1 aliphatic heterocycles. The van der Waals surface area contributed by atoms with Crippen molar-refractivity contribution in [1.29, 1.82) is 0 Å². The number of benzene rings is 2. The lowest BCUT2D eigenvalue weighted by Gasteiger charge is -2.28. The number of rotatable bonds is 2. The minimum absolute atomic E-state index is 0.285. The summed E-state index contributed by atoms with van der Waals surface area (Å²) in [6.07, 6.45) is 0.414. The molecule has 2 aromatic carbocycles. The molecule has 7 heteroatoms. The zero-order chi connectivity index (χ0) is 18.0. The molecule has 0 aromatic heterocycles. The molecule has 1 N–H and O–H groups in total.